The molecule has 0 saturated heterocycles. The van der Waals surface area contributed by atoms with Crippen LogP contribution < -0.4 is 9.47 Å². The van der Waals surface area contributed by atoms with E-state index in [2.05, 4.69) is 0 Å². The number of carbonyl (C=O) groups excluding carboxylic acids is 1. The molecular weight excluding hydrogens is 364 g/mol. The largest absolute Gasteiger partial charge is 0.493 e. The van der Waals surface area contributed by atoms with Gasteiger partial charge in [0, 0.05) is 17.7 Å². The van der Waals surface area contributed by atoms with Gasteiger partial charge in [-0.3, -0.25) is 19.7 Å². The summed E-state index contributed by atoms with van der Waals surface area (Å²) in [6, 6.07) is 8.96. The maximum absolute atomic E-state index is 13.0. The average Bonchev–Trinajstić information content (AvgIpc) is 2.72. The summed E-state index contributed by atoms with van der Waals surface area (Å²) < 4.78 is 10.8. The van der Waals surface area contributed by atoms with Crippen LogP contribution in [-0.4, -0.2) is 30.1 Å². The summed E-state index contributed by atoms with van der Waals surface area (Å²) in [7, 11) is 3.14. The summed E-state index contributed by atoms with van der Waals surface area (Å²) in [6.45, 7) is 2.25. The highest BCUT2D eigenvalue weighted by atomic mass is 16.7. The van der Waals surface area contributed by atoms with Crippen molar-refractivity contribution < 1.29 is 24.0 Å². The summed E-state index contributed by atoms with van der Waals surface area (Å²) >= 11 is 0. The second-order valence-corrected chi connectivity index (χ2v) is 6.42. The number of ether oxygens (including phenoxy) is 2. The molecule has 1 aliphatic rings. The van der Waals surface area contributed by atoms with E-state index in [1.54, 1.807) is 14.2 Å². The Labute approximate surface area is 162 Å². The Balaban J connectivity index is 1.96. The molecule has 0 bridgehead atoms. The van der Waals surface area contributed by atoms with Crippen molar-refractivity contribution in [2.24, 2.45) is 0 Å². The van der Waals surface area contributed by atoms with Crippen LogP contribution in [0.5, 0.6) is 11.5 Å². The van der Waals surface area contributed by atoms with Gasteiger partial charge in [0.25, 0.3) is 11.6 Å². The number of hydroxylamine groups is 2. The molecule has 0 spiro atoms. The van der Waals surface area contributed by atoms with Crippen LogP contribution in [0.25, 0.3) is 0 Å². The van der Waals surface area contributed by atoms with E-state index in [1.807, 2.05) is 19.1 Å². The number of benzene rings is 2. The van der Waals surface area contributed by atoms with Crippen molar-refractivity contribution in [3.05, 3.63) is 63.2 Å². The summed E-state index contributed by atoms with van der Waals surface area (Å²) in [5, 5.41) is 12.2. The van der Waals surface area contributed by atoms with E-state index in [0.717, 1.165) is 17.5 Å². The molecule has 8 nitrogen and oxygen atoms in total. The molecule has 3 rings (SSSR count). The lowest BCUT2D eigenvalue weighted by atomic mass is 9.94. The van der Waals surface area contributed by atoms with E-state index in [-0.39, 0.29) is 24.2 Å². The lowest BCUT2D eigenvalue weighted by Gasteiger charge is -2.36. The normalized spacial score (nSPS) is 15.7. The van der Waals surface area contributed by atoms with Gasteiger partial charge >= 0.3 is 0 Å². The Hall–Kier alpha value is -3.13. The standard InChI is InChI=1S/C20H22N2O6/c1-4-5-17-16-11-19(27-3)18(26-2)10-14(16)12-28-21(17)20(23)13-6-8-15(9-7-13)22(24)25/h6-11,17H,4-5,12H2,1-3H3. The molecule has 0 aliphatic carbocycles. The highest BCUT2D eigenvalue weighted by molar-refractivity contribution is 5.94. The lowest BCUT2D eigenvalue weighted by molar-refractivity contribution is -0.384. The lowest BCUT2D eigenvalue weighted by Crippen LogP contribution is -2.38. The molecule has 0 fully saturated rings. The predicted octanol–water partition coefficient (Wildman–Crippen LogP) is 4.04. The van der Waals surface area contributed by atoms with Gasteiger partial charge in [-0.2, -0.15) is 0 Å². The van der Waals surface area contributed by atoms with Gasteiger partial charge in [0.15, 0.2) is 11.5 Å². The van der Waals surface area contributed by atoms with Crippen molar-refractivity contribution in [3.63, 3.8) is 0 Å². The van der Waals surface area contributed by atoms with Crippen LogP contribution in [-0.2, 0) is 11.4 Å². The number of nitro benzene ring substituents is 1. The minimum Gasteiger partial charge on any atom is -0.493 e. The second-order valence-electron chi connectivity index (χ2n) is 6.42. The van der Waals surface area contributed by atoms with Gasteiger partial charge in [-0.25, -0.2) is 5.06 Å². The molecule has 1 unspecified atom stereocenters. The third-order valence-corrected chi connectivity index (χ3v) is 4.73. The summed E-state index contributed by atoms with van der Waals surface area (Å²) in [5.74, 6) is 0.857. The minimum absolute atomic E-state index is 0.0663. The zero-order valence-electron chi connectivity index (χ0n) is 16.0. The molecule has 0 radical (unpaired) electrons. The van der Waals surface area contributed by atoms with E-state index >= 15 is 0 Å². The Morgan fingerprint density at radius 2 is 1.86 bits per heavy atom. The third-order valence-electron chi connectivity index (χ3n) is 4.73. The Bertz CT molecular complexity index is 881. The Morgan fingerprint density at radius 3 is 2.43 bits per heavy atom. The first-order valence-corrected chi connectivity index (χ1v) is 8.95. The predicted molar refractivity (Wildman–Crippen MR) is 101 cm³/mol. The van der Waals surface area contributed by atoms with Crippen molar-refractivity contribution in [2.45, 2.75) is 32.4 Å². The Kier molecular flexibility index (Phi) is 5.79. The number of methoxy groups -OCH3 is 2. The zero-order chi connectivity index (χ0) is 20.3. The first-order valence-electron chi connectivity index (χ1n) is 8.95. The van der Waals surface area contributed by atoms with Gasteiger partial charge in [-0.15, -0.1) is 0 Å². The average molecular weight is 386 g/mol. The molecule has 0 aromatic heterocycles. The van der Waals surface area contributed by atoms with Crippen LogP contribution in [0.2, 0.25) is 0 Å². The fraction of sp³-hybridized carbons (Fsp3) is 0.350. The summed E-state index contributed by atoms with van der Waals surface area (Å²) in [5.41, 5.74) is 2.14. The topological polar surface area (TPSA) is 91.1 Å². The SMILES string of the molecule is CCCC1c2cc(OC)c(OC)cc2CON1C(=O)c1ccc([N+](=O)[O-])cc1. The number of rotatable bonds is 6. The van der Waals surface area contributed by atoms with Crippen molar-refractivity contribution in [1.29, 1.82) is 0 Å². The quantitative estimate of drug-likeness (QED) is 0.550. The van der Waals surface area contributed by atoms with Crippen LogP contribution in [0.4, 0.5) is 5.69 Å². The van der Waals surface area contributed by atoms with E-state index in [4.69, 9.17) is 14.3 Å². The molecule has 1 atom stereocenters. The molecule has 0 saturated carbocycles. The first-order chi connectivity index (χ1) is 13.5. The molecule has 1 heterocycles. The van der Waals surface area contributed by atoms with Crippen molar-refractivity contribution >= 4 is 11.6 Å². The number of hydrogen-bond acceptors (Lipinski definition) is 6. The molecular formula is C20H22N2O6. The third kappa shape index (κ3) is 3.63. The monoisotopic (exact) mass is 386 g/mol. The van der Waals surface area contributed by atoms with Crippen LogP contribution >= 0.6 is 0 Å². The molecule has 0 N–H and O–H groups in total. The maximum atomic E-state index is 13.0. The van der Waals surface area contributed by atoms with Crippen molar-refractivity contribution in [1.82, 2.24) is 5.06 Å². The molecule has 1 aliphatic heterocycles. The minimum atomic E-state index is -0.499. The van der Waals surface area contributed by atoms with E-state index < -0.39 is 4.92 Å². The van der Waals surface area contributed by atoms with Crippen molar-refractivity contribution in [3.8, 4) is 11.5 Å². The fourth-order valence-corrected chi connectivity index (χ4v) is 3.33. The summed E-state index contributed by atoms with van der Waals surface area (Å²) in [4.78, 5) is 29.2. The van der Waals surface area contributed by atoms with E-state index in [9.17, 15) is 14.9 Å². The number of non-ortho nitro benzene ring substituents is 1. The number of hydrogen-bond donors (Lipinski definition) is 0. The van der Waals surface area contributed by atoms with E-state index in [0.29, 0.717) is 23.5 Å². The highest BCUT2D eigenvalue weighted by Crippen LogP contribution is 2.40. The number of amides is 1. The van der Waals surface area contributed by atoms with Gasteiger partial charge in [-0.05, 0) is 41.8 Å². The van der Waals surface area contributed by atoms with Crippen LogP contribution in [0, 0.1) is 10.1 Å². The number of carbonyl (C=O) groups is 1. The second kappa shape index (κ2) is 8.26. The van der Waals surface area contributed by atoms with Crippen molar-refractivity contribution in [2.75, 3.05) is 14.2 Å². The molecule has 2 aromatic carbocycles. The van der Waals surface area contributed by atoms with Gasteiger partial charge in [0.1, 0.15) is 6.61 Å². The van der Waals surface area contributed by atoms with Gasteiger partial charge in [0.2, 0.25) is 0 Å². The fourth-order valence-electron chi connectivity index (χ4n) is 3.33. The van der Waals surface area contributed by atoms with Gasteiger partial charge in [0.05, 0.1) is 25.2 Å². The zero-order valence-corrected chi connectivity index (χ0v) is 16.0. The molecule has 2 aromatic rings. The Morgan fingerprint density at radius 1 is 1.21 bits per heavy atom. The van der Waals surface area contributed by atoms with Gasteiger partial charge < -0.3 is 9.47 Å². The molecule has 8 heteroatoms. The van der Waals surface area contributed by atoms with Crippen LogP contribution in [0.15, 0.2) is 36.4 Å². The van der Waals surface area contributed by atoms with E-state index in [1.165, 1.54) is 29.3 Å². The molecule has 28 heavy (non-hydrogen) atoms. The molecule has 1 amide bonds. The smallest absolute Gasteiger partial charge is 0.278 e. The van der Waals surface area contributed by atoms with Gasteiger partial charge in [-0.1, -0.05) is 13.3 Å². The highest BCUT2D eigenvalue weighted by Gasteiger charge is 2.33. The number of nitrogens with zero attached hydrogens (tertiary/aromatic N) is 2. The summed E-state index contributed by atoms with van der Waals surface area (Å²) in [6.07, 6.45) is 1.53. The molecule has 148 valence electrons. The van der Waals surface area contributed by atoms with Crippen LogP contribution in [0.3, 0.4) is 0 Å². The maximum Gasteiger partial charge on any atom is 0.278 e. The van der Waals surface area contributed by atoms with Crippen LogP contribution in [0.1, 0.15) is 47.3 Å². The number of fused-ring (bicyclic) bond motifs is 1. The number of nitro groups is 1. The first kappa shape index (κ1) is 19.6.